The number of aryl methyl sites for hydroxylation is 1. The average molecular weight is 315 g/mol. The van der Waals surface area contributed by atoms with Crippen LogP contribution in [0, 0.1) is 6.92 Å². The van der Waals surface area contributed by atoms with Gasteiger partial charge in [-0.25, -0.2) is 8.42 Å². The number of hydrogen-bond donors (Lipinski definition) is 0. The molecule has 7 heteroatoms. The Balaban J connectivity index is 2.21. The molecule has 0 unspecified atom stereocenters. The molecule has 0 spiro atoms. The minimum atomic E-state index is -3.54. The van der Waals surface area contributed by atoms with Crippen molar-refractivity contribution in [3.8, 4) is 0 Å². The van der Waals surface area contributed by atoms with Crippen LogP contribution in [0.25, 0.3) is 0 Å². The third kappa shape index (κ3) is 3.16. The molecule has 1 heterocycles. The van der Waals surface area contributed by atoms with Crippen LogP contribution < -0.4 is 0 Å². The summed E-state index contributed by atoms with van der Waals surface area (Å²) in [6, 6.07) is 6.73. The SMILES string of the molecule is COC(=O)[C@H]1CN(S(=O)(=O)c2ccc(C)cc2)CCS1. The van der Waals surface area contributed by atoms with E-state index in [1.54, 1.807) is 24.3 Å². The zero-order valence-electron chi connectivity index (χ0n) is 11.4. The van der Waals surface area contributed by atoms with Crippen molar-refractivity contribution < 1.29 is 17.9 Å². The van der Waals surface area contributed by atoms with Gasteiger partial charge in [0.25, 0.3) is 0 Å². The Kier molecular flexibility index (Phi) is 4.72. The Morgan fingerprint density at radius 3 is 2.60 bits per heavy atom. The molecule has 0 saturated carbocycles. The maximum absolute atomic E-state index is 12.5. The summed E-state index contributed by atoms with van der Waals surface area (Å²) >= 11 is 1.43. The molecule has 2 rings (SSSR count). The molecule has 110 valence electrons. The summed E-state index contributed by atoms with van der Waals surface area (Å²) < 4.78 is 31.1. The van der Waals surface area contributed by atoms with Gasteiger partial charge in [-0.2, -0.15) is 4.31 Å². The van der Waals surface area contributed by atoms with Crippen molar-refractivity contribution in [3.63, 3.8) is 0 Å². The number of rotatable bonds is 3. The van der Waals surface area contributed by atoms with E-state index in [1.807, 2.05) is 6.92 Å². The number of methoxy groups -OCH3 is 1. The molecule has 0 bridgehead atoms. The number of hydrogen-bond acceptors (Lipinski definition) is 5. The first-order valence-corrected chi connectivity index (χ1v) is 8.70. The third-order valence-electron chi connectivity index (χ3n) is 3.15. The van der Waals surface area contributed by atoms with Crippen molar-refractivity contribution >= 4 is 27.8 Å². The van der Waals surface area contributed by atoms with Crippen molar-refractivity contribution in [1.82, 2.24) is 4.31 Å². The summed E-state index contributed by atoms with van der Waals surface area (Å²) in [5.41, 5.74) is 1.01. The zero-order chi connectivity index (χ0) is 14.8. The molecule has 0 N–H and O–H groups in total. The van der Waals surface area contributed by atoms with E-state index in [-0.39, 0.29) is 17.4 Å². The van der Waals surface area contributed by atoms with Crippen LogP contribution in [-0.4, -0.2) is 49.9 Å². The van der Waals surface area contributed by atoms with Gasteiger partial charge in [-0.3, -0.25) is 4.79 Å². The van der Waals surface area contributed by atoms with Gasteiger partial charge in [-0.15, -0.1) is 11.8 Å². The first-order valence-electron chi connectivity index (χ1n) is 6.21. The number of thioether (sulfide) groups is 1. The second kappa shape index (κ2) is 6.15. The molecular weight excluding hydrogens is 298 g/mol. The van der Waals surface area contributed by atoms with Crippen molar-refractivity contribution in [3.05, 3.63) is 29.8 Å². The van der Waals surface area contributed by atoms with Crippen molar-refractivity contribution in [2.75, 3.05) is 26.0 Å². The Labute approximate surface area is 123 Å². The lowest BCUT2D eigenvalue weighted by Crippen LogP contribution is -2.44. The lowest BCUT2D eigenvalue weighted by Gasteiger charge is -2.30. The van der Waals surface area contributed by atoms with Gasteiger partial charge in [-0.05, 0) is 19.1 Å². The lowest BCUT2D eigenvalue weighted by atomic mass is 10.2. The summed E-state index contributed by atoms with van der Waals surface area (Å²) in [6.07, 6.45) is 0. The van der Waals surface area contributed by atoms with E-state index in [0.29, 0.717) is 12.3 Å². The predicted octanol–water partition coefficient (Wildman–Crippen LogP) is 1.27. The van der Waals surface area contributed by atoms with E-state index < -0.39 is 15.3 Å². The number of esters is 1. The summed E-state index contributed by atoms with van der Waals surface area (Å²) in [5.74, 6) is 0.212. The highest BCUT2D eigenvalue weighted by atomic mass is 32.2. The van der Waals surface area contributed by atoms with Gasteiger partial charge in [0.2, 0.25) is 10.0 Å². The van der Waals surface area contributed by atoms with Gasteiger partial charge in [0.15, 0.2) is 0 Å². The molecule has 1 aliphatic heterocycles. The number of benzene rings is 1. The lowest BCUT2D eigenvalue weighted by molar-refractivity contribution is -0.140. The van der Waals surface area contributed by atoms with Crippen molar-refractivity contribution in [2.24, 2.45) is 0 Å². The van der Waals surface area contributed by atoms with Gasteiger partial charge in [-0.1, -0.05) is 17.7 Å². The first-order chi connectivity index (χ1) is 9.45. The first kappa shape index (κ1) is 15.3. The number of sulfonamides is 1. The zero-order valence-corrected chi connectivity index (χ0v) is 13.0. The Morgan fingerprint density at radius 1 is 1.35 bits per heavy atom. The van der Waals surface area contributed by atoms with E-state index in [9.17, 15) is 13.2 Å². The van der Waals surface area contributed by atoms with E-state index in [0.717, 1.165) is 5.56 Å². The smallest absolute Gasteiger partial charge is 0.320 e. The van der Waals surface area contributed by atoms with Crippen LogP contribution in [0.3, 0.4) is 0 Å². The highest BCUT2D eigenvalue weighted by Gasteiger charge is 2.34. The molecule has 0 amide bonds. The van der Waals surface area contributed by atoms with Crippen LogP contribution in [0.4, 0.5) is 0 Å². The summed E-state index contributed by atoms with van der Waals surface area (Å²) in [7, 11) is -2.23. The fourth-order valence-electron chi connectivity index (χ4n) is 1.98. The highest BCUT2D eigenvalue weighted by Crippen LogP contribution is 2.25. The average Bonchev–Trinajstić information content (AvgIpc) is 2.47. The Morgan fingerprint density at radius 2 is 2.00 bits per heavy atom. The quantitative estimate of drug-likeness (QED) is 0.786. The second-order valence-corrected chi connectivity index (χ2v) is 7.81. The molecule has 1 atom stereocenters. The van der Waals surface area contributed by atoms with Crippen molar-refractivity contribution in [2.45, 2.75) is 17.1 Å². The summed E-state index contributed by atoms with van der Waals surface area (Å²) in [6.45, 7) is 2.48. The normalized spacial score (nSPS) is 20.6. The monoisotopic (exact) mass is 315 g/mol. The van der Waals surface area contributed by atoms with E-state index in [1.165, 1.54) is 23.2 Å². The van der Waals surface area contributed by atoms with E-state index in [4.69, 9.17) is 4.74 Å². The Hall–Kier alpha value is -1.05. The molecule has 20 heavy (non-hydrogen) atoms. The number of carbonyl (C=O) groups is 1. The third-order valence-corrected chi connectivity index (χ3v) is 6.19. The van der Waals surface area contributed by atoms with Gasteiger partial charge in [0, 0.05) is 18.8 Å². The van der Waals surface area contributed by atoms with Crippen LogP contribution in [0.2, 0.25) is 0 Å². The molecule has 1 fully saturated rings. The molecule has 1 aliphatic rings. The predicted molar refractivity (Wildman–Crippen MR) is 78.2 cm³/mol. The summed E-state index contributed by atoms with van der Waals surface area (Å²) in [4.78, 5) is 11.8. The number of carbonyl (C=O) groups excluding carboxylic acids is 1. The molecule has 1 aromatic carbocycles. The molecule has 1 aromatic rings. The number of nitrogens with zero attached hydrogens (tertiary/aromatic N) is 1. The number of ether oxygens (including phenoxy) is 1. The summed E-state index contributed by atoms with van der Waals surface area (Å²) in [5, 5.41) is -0.450. The molecule has 0 aromatic heterocycles. The molecule has 0 aliphatic carbocycles. The van der Waals surface area contributed by atoms with Crippen LogP contribution in [0.15, 0.2) is 29.2 Å². The van der Waals surface area contributed by atoms with Gasteiger partial charge in [0.1, 0.15) is 5.25 Å². The largest absolute Gasteiger partial charge is 0.468 e. The molecule has 5 nitrogen and oxygen atoms in total. The van der Waals surface area contributed by atoms with Gasteiger partial charge >= 0.3 is 5.97 Å². The van der Waals surface area contributed by atoms with Crippen LogP contribution in [-0.2, 0) is 19.6 Å². The van der Waals surface area contributed by atoms with Gasteiger partial charge < -0.3 is 4.74 Å². The fourth-order valence-corrected chi connectivity index (χ4v) is 4.77. The van der Waals surface area contributed by atoms with E-state index in [2.05, 4.69) is 0 Å². The molecule has 0 radical (unpaired) electrons. The fraction of sp³-hybridized carbons (Fsp3) is 0.462. The van der Waals surface area contributed by atoms with Crippen LogP contribution in [0.1, 0.15) is 5.56 Å². The molecular formula is C13H17NO4S2. The van der Waals surface area contributed by atoms with E-state index >= 15 is 0 Å². The minimum Gasteiger partial charge on any atom is -0.468 e. The van der Waals surface area contributed by atoms with Crippen LogP contribution >= 0.6 is 11.8 Å². The standard InChI is InChI=1S/C13H17NO4S2/c1-10-3-5-11(6-4-10)20(16,17)14-7-8-19-12(9-14)13(15)18-2/h3-6,12H,7-9H2,1-2H3/t12-/m1/s1. The van der Waals surface area contributed by atoms with Gasteiger partial charge in [0.05, 0.1) is 12.0 Å². The second-order valence-electron chi connectivity index (χ2n) is 4.56. The Bertz CT molecular complexity index is 583. The maximum Gasteiger partial charge on any atom is 0.320 e. The van der Waals surface area contributed by atoms with Crippen LogP contribution in [0.5, 0.6) is 0 Å². The van der Waals surface area contributed by atoms with Crippen molar-refractivity contribution in [1.29, 1.82) is 0 Å². The maximum atomic E-state index is 12.5. The topological polar surface area (TPSA) is 63.7 Å². The highest BCUT2D eigenvalue weighted by molar-refractivity contribution is 8.00. The minimum absolute atomic E-state index is 0.160. The molecule has 1 saturated heterocycles.